The molecule has 0 saturated carbocycles. The molecule has 0 radical (unpaired) electrons. The molecule has 1 aromatic carbocycles. The third-order valence-corrected chi connectivity index (χ3v) is 3.45. The van der Waals surface area contributed by atoms with E-state index in [1.165, 1.54) is 0 Å². The number of ketones is 1. The van der Waals surface area contributed by atoms with Crippen molar-refractivity contribution in [2.75, 3.05) is 6.61 Å². The van der Waals surface area contributed by atoms with Crippen molar-refractivity contribution in [2.45, 2.75) is 32.1 Å². The molecule has 17 heavy (non-hydrogen) atoms. The Morgan fingerprint density at radius 1 is 1.29 bits per heavy atom. The maximum absolute atomic E-state index is 12.2. The average molecular weight is 230 g/mol. The van der Waals surface area contributed by atoms with E-state index in [0.29, 0.717) is 6.61 Å². The molecule has 1 aromatic rings. The summed E-state index contributed by atoms with van der Waals surface area (Å²) < 4.78 is 5.42. The second-order valence-corrected chi connectivity index (χ2v) is 4.61. The lowest BCUT2D eigenvalue weighted by Gasteiger charge is -2.31. The number of carbonyl (C=O) groups excluding carboxylic acids is 1. The molecular formula is C15H18O2. The standard InChI is InChI=1S/C15H18O2/c1-3-17-13-9-10-15(2,14(16)11-13)12-7-5-4-6-8-12/h4-8,11H,3,9-10H2,1-2H3. The quantitative estimate of drug-likeness (QED) is 0.797. The van der Waals surface area contributed by atoms with Gasteiger partial charge in [-0.2, -0.15) is 0 Å². The van der Waals surface area contributed by atoms with Crippen molar-refractivity contribution in [1.82, 2.24) is 0 Å². The van der Waals surface area contributed by atoms with Crippen LogP contribution in [-0.4, -0.2) is 12.4 Å². The van der Waals surface area contributed by atoms with Gasteiger partial charge in [-0.05, 0) is 25.8 Å². The van der Waals surface area contributed by atoms with Gasteiger partial charge in [0.05, 0.1) is 17.8 Å². The number of hydrogen-bond donors (Lipinski definition) is 0. The molecule has 1 aliphatic carbocycles. The van der Waals surface area contributed by atoms with Gasteiger partial charge in [-0.3, -0.25) is 4.79 Å². The van der Waals surface area contributed by atoms with Gasteiger partial charge in [-0.15, -0.1) is 0 Å². The van der Waals surface area contributed by atoms with Crippen LogP contribution >= 0.6 is 0 Å². The SMILES string of the molecule is CCOC1=CC(=O)C(C)(c2ccccc2)CC1. The maximum atomic E-state index is 12.2. The van der Waals surface area contributed by atoms with Gasteiger partial charge >= 0.3 is 0 Å². The largest absolute Gasteiger partial charge is 0.498 e. The topological polar surface area (TPSA) is 26.3 Å². The Bertz CT molecular complexity index is 433. The zero-order valence-electron chi connectivity index (χ0n) is 10.4. The molecule has 0 spiro atoms. The highest BCUT2D eigenvalue weighted by molar-refractivity contribution is 5.99. The van der Waals surface area contributed by atoms with E-state index in [0.717, 1.165) is 24.2 Å². The number of hydrogen-bond acceptors (Lipinski definition) is 2. The zero-order valence-corrected chi connectivity index (χ0v) is 10.4. The normalized spacial score (nSPS) is 24.4. The minimum atomic E-state index is -0.387. The Balaban J connectivity index is 2.27. The Morgan fingerprint density at radius 3 is 2.59 bits per heavy atom. The van der Waals surface area contributed by atoms with Gasteiger partial charge < -0.3 is 4.74 Å². The molecule has 1 unspecified atom stereocenters. The third-order valence-electron chi connectivity index (χ3n) is 3.45. The van der Waals surface area contributed by atoms with Crippen molar-refractivity contribution in [2.24, 2.45) is 0 Å². The van der Waals surface area contributed by atoms with Gasteiger partial charge in [0.25, 0.3) is 0 Å². The first-order chi connectivity index (χ1) is 8.16. The van der Waals surface area contributed by atoms with Crippen LogP contribution in [0.25, 0.3) is 0 Å². The van der Waals surface area contributed by atoms with Crippen LogP contribution in [0.1, 0.15) is 32.3 Å². The first kappa shape index (κ1) is 11.9. The van der Waals surface area contributed by atoms with Crippen molar-refractivity contribution >= 4 is 5.78 Å². The maximum Gasteiger partial charge on any atom is 0.169 e. The molecule has 0 amide bonds. The van der Waals surface area contributed by atoms with E-state index < -0.39 is 0 Å². The number of ether oxygens (including phenoxy) is 1. The van der Waals surface area contributed by atoms with Crippen LogP contribution in [0.15, 0.2) is 42.2 Å². The first-order valence-corrected chi connectivity index (χ1v) is 6.10. The molecule has 2 rings (SSSR count). The summed E-state index contributed by atoms with van der Waals surface area (Å²) in [5.74, 6) is 0.976. The van der Waals surface area contributed by atoms with Crippen molar-refractivity contribution in [3.05, 3.63) is 47.7 Å². The molecule has 2 nitrogen and oxygen atoms in total. The van der Waals surface area contributed by atoms with Crippen LogP contribution in [0, 0.1) is 0 Å². The number of allylic oxidation sites excluding steroid dienone is 2. The summed E-state index contributed by atoms with van der Waals surface area (Å²) in [4.78, 5) is 12.2. The smallest absolute Gasteiger partial charge is 0.169 e. The van der Waals surface area contributed by atoms with E-state index in [9.17, 15) is 4.79 Å². The second-order valence-electron chi connectivity index (χ2n) is 4.61. The summed E-state index contributed by atoms with van der Waals surface area (Å²) >= 11 is 0. The highest BCUT2D eigenvalue weighted by Crippen LogP contribution is 2.35. The Kier molecular flexibility index (Phi) is 3.32. The van der Waals surface area contributed by atoms with Gasteiger partial charge in [-0.25, -0.2) is 0 Å². The predicted molar refractivity (Wildman–Crippen MR) is 67.7 cm³/mol. The van der Waals surface area contributed by atoms with Crippen molar-refractivity contribution < 1.29 is 9.53 Å². The van der Waals surface area contributed by atoms with Gasteiger partial charge in [0.2, 0.25) is 0 Å². The van der Waals surface area contributed by atoms with Crippen LogP contribution in [0.3, 0.4) is 0 Å². The Morgan fingerprint density at radius 2 is 2.00 bits per heavy atom. The van der Waals surface area contributed by atoms with Crippen LogP contribution in [-0.2, 0) is 14.9 Å². The average Bonchev–Trinajstić information content (AvgIpc) is 2.35. The van der Waals surface area contributed by atoms with E-state index in [1.807, 2.05) is 44.2 Å². The summed E-state index contributed by atoms with van der Waals surface area (Å²) in [6.07, 6.45) is 3.33. The lowest BCUT2D eigenvalue weighted by Crippen LogP contribution is -2.34. The fourth-order valence-electron chi connectivity index (χ4n) is 2.27. The zero-order chi connectivity index (χ0) is 12.3. The molecule has 2 heteroatoms. The minimum Gasteiger partial charge on any atom is -0.498 e. The van der Waals surface area contributed by atoms with Crippen LogP contribution < -0.4 is 0 Å². The fraction of sp³-hybridized carbons (Fsp3) is 0.400. The number of rotatable bonds is 3. The van der Waals surface area contributed by atoms with Crippen molar-refractivity contribution in [1.29, 1.82) is 0 Å². The van der Waals surface area contributed by atoms with Crippen LogP contribution in [0.2, 0.25) is 0 Å². The molecular weight excluding hydrogens is 212 g/mol. The molecule has 0 fully saturated rings. The molecule has 1 atom stereocenters. The van der Waals surface area contributed by atoms with E-state index in [4.69, 9.17) is 4.74 Å². The lowest BCUT2D eigenvalue weighted by atomic mass is 9.72. The number of carbonyl (C=O) groups is 1. The summed E-state index contributed by atoms with van der Waals surface area (Å²) in [5, 5.41) is 0. The Labute approximate surface area is 102 Å². The molecule has 0 saturated heterocycles. The lowest BCUT2D eigenvalue weighted by molar-refractivity contribution is -0.120. The van der Waals surface area contributed by atoms with E-state index in [2.05, 4.69) is 0 Å². The summed E-state index contributed by atoms with van der Waals surface area (Å²) in [6.45, 7) is 4.58. The molecule has 90 valence electrons. The third kappa shape index (κ3) is 2.26. The number of benzene rings is 1. The summed E-state index contributed by atoms with van der Waals surface area (Å²) in [6, 6.07) is 9.99. The van der Waals surface area contributed by atoms with E-state index in [1.54, 1.807) is 6.08 Å². The van der Waals surface area contributed by atoms with Gasteiger partial charge in [0, 0.05) is 12.5 Å². The van der Waals surface area contributed by atoms with E-state index in [-0.39, 0.29) is 11.2 Å². The fourth-order valence-corrected chi connectivity index (χ4v) is 2.27. The van der Waals surface area contributed by atoms with Crippen molar-refractivity contribution in [3.8, 4) is 0 Å². The van der Waals surface area contributed by atoms with E-state index >= 15 is 0 Å². The van der Waals surface area contributed by atoms with Gasteiger partial charge in [0.15, 0.2) is 5.78 Å². The van der Waals surface area contributed by atoms with Crippen LogP contribution in [0.5, 0.6) is 0 Å². The minimum absolute atomic E-state index is 0.151. The van der Waals surface area contributed by atoms with Crippen LogP contribution in [0.4, 0.5) is 0 Å². The van der Waals surface area contributed by atoms with Crippen molar-refractivity contribution in [3.63, 3.8) is 0 Å². The highest BCUT2D eigenvalue weighted by atomic mass is 16.5. The molecule has 0 aromatic heterocycles. The predicted octanol–water partition coefficient (Wildman–Crippen LogP) is 3.23. The van der Waals surface area contributed by atoms with Gasteiger partial charge in [0.1, 0.15) is 0 Å². The van der Waals surface area contributed by atoms with Gasteiger partial charge in [-0.1, -0.05) is 30.3 Å². The molecule has 0 N–H and O–H groups in total. The first-order valence-electron chi connectivity index (χ1n) is 6.10. The monoisotopic (exact) mass is 230 g/mol. The molecule has 0 aliphatic heterocycles. The molecule has 1 aliphatic rings. The summed E-state index contributed by atoms with van der Waals surface area (Å²) in [7, 11) is 0. The second kappa shape index (κ2) is 4.74. The molecule has 0 heterocycles. The Hall–Kier alpha value is -1.57. The summed E-state index contributed by atoms with van der Waals surface area (Å²) in [5.41, 5.74) is 0.707. The molecule has 0 bridgehead atoms. The highest BCUT2D eigenvalue weighted by Gasteiger charge is 2.36.